The highest BCUT2D eigenvalue weighted by molar-refractivity contribution is 14.0. The van der Waals surface area contributed by atoms with Crippen LogP contribution in [0.2, 0.25) is 0 Å². The molecule has 1 aliphatic rings. The van der Waals surface area contributed by atoms with E-state index >= 15 is 0 Å². The number of anilines is 1. The zero-order valence-corrected chi connectivity index (χ0v) is 20.5. The molecule has 0 aliphatic carbocycles. The molecule has 30 heavy (non-hydrogen) atoms. The van der Waals surface area contributed by atoms with Crippen LogP contribution in [0.1, 0.15) is 25.7 Å². The molecular weight excluding hydrogens is 487 g/mol. The molecule has 0 unspecified atom stereocenters. The van der Waals surface area contributed by atoms with Crippen LogP contribution in [0.4, 0.5) is 5.69 Å². The van der Waals surface area contributed by atoms with Gasteiger partial charge in [0.1, 0.15) is 11.9 Å². The molecule has 1 aliphatic heterocycles. The van der Waals surface area contributed by atoms with E-state index in [9.17, 15) is 0 Å². The first-order valence-corrected chi connectivity index (χ1v) is 10.7. The third kappa shape index (κ3) is 7.70. The third-order valence-electron chi connectivity index (χ3n) is 5.40. The van der Waals surface area contributed by atoms with Gasteiger partial charge in [0.15, 0.2) is 5.96 Å². The average molecular weight is 522 g/mol. The van der Waals surface area contributed by atoms with Crippen molar-refractivity contribution in [1.82, 2.24) is 10.2 Å². The first-order chi connectivity index (χ1) is 14.3. The molecule has 1 fully saturated rings. The van der Waals surface area contributed by atoms with Crippen LogP contribution in [0, 0.1) is 0 Å². The number of piperidine rings is 1. The largest absolute Gasteiger partial charge is 0.490 e. The zero-order chi connectivity index (χ0) is 20.3. The van der Waals surface area contributed by atoms with Crippen molar-refractivity contribution in [1.29, 1.82) is 0 Å². The Morgan fingerprint density at radius 3 is 2.30 bits per heavy atom. The summed E-state index contributed by atoms with van der Waals surface area (Å²) >= 11 is 0. The Morgan fingerprint density at radius 1 is 1.03 bits per heavy atom. The van der Waals surface area contributed by atoms with Crippen molar-refractivity contribution in [2.24, 2.45) is 4.99 Å². The van der Waals surface area contributed by atoms with Crippen LogP contribution in [-0.4, -0.2) is 57.2 Å². The Morgan fingerprint density at radius 2 is 1.67 bits per heavy atom. The fourth-order valence-electron chi connectivity index (χ4n) is 3.69. The summed E-state index contributed by atoms with van der Waals surface area (Å²) in [5.41, 5.74) is 1.27. The molecular formula is C24H35IN4O. The Kier molecular flexibility index (Phi) is 10.8. The summed E-state index contributed by atoms with van der Waals surface area (Å²) in [6.07, 6.45) is 4.63. The maximum Gasteiger partial charge on any atom is 0.193 e. The molecule has 0 spiro atoms. The summed E-state index contributed by atoms with van der Waals surface area (Å²) in [5, 5.41) is 3.53. The summed E-state index contributed by atoms with van der Waals surface area (Å²) in [4.78, 5) is 9.14. The number of hydrogen-bond acceptors (Lipinski definition) is 3. The van der Waals surface area contributed by atoms with Gasteiger partial charge in [0, 0.05) is 58.8 Å². The van der Waals surface area contributed by atoms with Crippen LogP contribution < -0.4 is 15.0 Å². The maximum absolute atomic E-state index is 6.10. The van der Waals surface area contributed by atoms with Crippen LogP contribution in [0.15, 0.2) is 65.7 Å². The topological polar surface area (TPSA) is 40.1 Å². The van der Waals surface area contributed by atoms with E-state index in [1.54, 1.807) is 0 Å². The molecule has 0 amide bonds. The van der Waals surface area contributed by atoms with Gasteiger partial charge in [-0.15, -0.1) is 24.0 Å². The smallest absolute Gasteiger partial charge is 0.193 e. The molecule has 0 aromatic heterocycles. The lowest BCUT2D eigenvalue weighted by atomic mass is 10.1. The lowest BCUT2D eigenvalue weighted by Gasteiger charge is -2.34. The Hall–Kier alpha value is -1.96. The van der Waals surface area contributed by atoms with Crippen LogP contribution in [-0.2, 0) is 0 Å². The molecule has 1 saturated heterocycles. The molecule has 5 nitrogen and oxygen atoms in total. The van der Waals surface area contributed by atoms with E-state index in [-0.39, 0.29) is 24.0 Å². The molecule has 3 rings (SSSR count). The van der Waals surface area contributed by atoms with Gasteiger partial charge in [0.2, 0.25) is 0 Å². The van der Waals surface area contributed by atoms with Crippen LogP contribution in [0.25, 0.3) is 0 Å². The minimum atomic E-state index is 0. The molecule has 0 atom stereocenters. The zero-order valence-electron chi connectivity index (χ0n) is 18.2. The van der Waals surface area contributed by atoms with E-state index in [0.717, 1.165) is 63.6 Å². The quantitative estimate of drug-likeness (QED) is 0.238. The second-order valence-electron chi connectivity index (χ2n) is 7.56. The van der Waals surface area contributed by atoms with Crippen molar-refractivity contribution in [2.45, 2.75) is 31.8 Å². The molecule has 0 bridgehead atoms. The summed E-state index contributed by atoms with van der Waals surface area (Å²) in [6.45, 7) is 3.98. The maximum atomic E-state index is 6.10. The number of guanidine groups is 1. The predicted molar refractivity (Wildman–Crippen MR) is 137 cm³/mol. The van der Waals surface area contributed by atoms with Gasteiger partial charge in [-0.25, -0.2) is 0 Å². The Bertz CT molecular complexity index is 733. The first-order valence-electron chi connectivity index (χ1n) is 10.7. The van der Waals surface area contributed by atoms with Crippen LogP contribution in [0.5, 0.6) is 5.75 Å². The number of likely N-dealkylation sites (tertiary alicyclic amines) is 1. The van der Waals surface area contributed by atoms with Crippen molar-refractivity contribution in [3.63, 3.8) is 0 Å². The highest BCUT2D eigenvalue weighted by Crippen LogP contribution is 2.18. The fraction of sp³-hybridized carbons (Fsp3) is 0.458. The fourth-order valence-corrected chi connectivity index (χ4v) is 3.69. The SMILES string of the molecule is CN=C(NCCCCN(C)c1ccccc1)N1CCC(Oc2ccccc2)CC1.I. The van der Waals surface area contributed by atoms with Gasteiger partial charge in [-0.3, -0.25) is 4.99 Å². The average Bonchev–Trinajstić information content (AvgIpc) is 2.78. The summed E-state index contributed by atoms with van der Waals surface area (Å²) < 4.78 is 6.10. The van der Waals surface area contributed by atoms with E-state index in [0.29, 0.717) is 6.10 Å². The number of halogens is 1. The number of rotatable bonds is 8. The molecule has 2 aromatic rings. The minimum absolute atomic E-state index is 0. The molecule has 0 radical (unpaired) electrons. The highest BCUT2D eigenvalue weighted by atomic mass is 127. The number of benzene rings is 2. The summed E-state index contributed by atoms with van der Waals surface area (Å²) in [5.74, 6) is 1.98. The summed E-state index contributed by atoms with van der Waals surface area (Å²) in [6, 6.07) is 20.7. The van der Waals surface area contributed by atoms with Crippen molar-refractivity contribution in [3.05, 3.63) is 60.7 Å². The number of nitrogens with zero attached hydrogens (tertiary/aromatic N) is 3. The lowest BCUT2D eigenvalue weighted by molar-refractivity contribution is 0.129. The monoisotopic (exact) mass is 522 g/mol. The third-order valence-corrected chi connectivity index (χ3v) is 5.40. The van der Waals surface area contributed by atoms with Gasteiger partial charge in [-0.1, -0.05) is 36.4 Å². The molecule has 1 N–H and O–H groups in total. The molecule has 164 valence electrons. The molecule has 6 heteroatoms. The lowest BCUT2D eigenvalue weighted by Crippen LogP contribution is -2.47. The standard InChI is InChI=1S/C24H34N4O.HI/c1-25-24(26-17-9-10-18-27(2)21-11-5-3-6-12-21)28-19-15-23(16-20-28)29-22-13-7-4-8-14-22;/h3-8,11-14,23H,9-10,15-20H2,1-2H3,(H,25,26);1H. The summed E-state index contributed by atoms with van der Waals surface area (Å²) in [7, 11) is 4.03. The first kappa shape index (κ1) is 24.3. The van der Waals surface area contributed by atoms with Crippen molar-refractivity contribution in [2.75, 3.05) is 45.2 Å². The van der Waals surface area contributed by atoms with E-state index in [4.69, 9.17) is 4.74 Å². The van der Waals surface area contributed by atoms with Gasteiger partial charge in [0.25, 0.3) is 0 Å². The van der Waals surface area contributed by atoms with E-state index < -0.39 is 0 Å². The molecule has 0 saturated carbocycles. The minimum Gasteiger partial charge on any atom is -0.490 e. The second-order valence-corrected chi connectivity index (χ2v) is 7.56. The number of hydrogen-bond donors (Lipinski definition) is 1. The van der Waals surface area contributed by atoms with E-state index in [2.05, 4.69) is 57.5 Å². The number of unbranched alkanes of at least 4 members (excludes halogenated alkanes) is 1. The van der Waals surface area contributed by atoms with Gasteiger partial charge in [0.05, 0.1) is 0 Å². The van der Waals surface area contributed by atoms with Crippen LogP contribution >= 0.6 is 24.0 Å². The van der Waals surface area contributed by atoms with Crippen molar-refractivity contribution >= 4 is 35.6 Å². The number of ether oxygens (including phenoxy) is 1. The van der Waals surface area contributed by atoms with Crippen molar-refractivity contribution in [3.8, 4) is 5.75 Å². The molecule has 1 heterocycles. The van der Waals surface area contributed by atoms with Gasteiger partial charge < -0.3 is 19.9 Å². The van der Waals surface area contributed by atoms with E-state index in [1.165, 1.54) is 5.69 Å². The molecule has 2 aromatic carbocycles. The van der Waals surface area contributed by atoms with Gasteiger partial charge in [-0.05, 0) is 37.1 Å². The number of para-hydroxylation sites is 2. The van der Waals surface area contributed by atoms with Crippen molar-refractivity contribution < 1.29 is 4.74 Å². The number of nitrogens with one attached hydrogen (secondary N) is 1. The van der Waals surface area contributed by atoms with Gasteiger partial charge >= 0.3 is 0 Å². The highest BCUT2D eigenvalue weighted by Gasteiger charge is 2.22. The van der Waals surface area contributed by atoms with Gasteiger partial charge in [-0.2, -0.15) is 0 Å². The predicted octanol–water partition coefficient (Wildman–Crippen LogP) is 4.64. The Labute approximate surface area is 198 Å². The Balaban J connectivity index is 0.00000320. The van der Waals surface area contributed by atoms with Crippen LogP contribution in [0.3, 0.4) is 0 Å². The normalized spacial score (nSPS) is 14.7. The number of aliphatic imine (C=N–C) groups is 1. The van der Waals surface area contributed by atoms with E-state index in [1.807, 2.05) is 37.4 Å². The second kappa shape index (κ2) is 13.4.